The van der Waals surface area contributed by atoms with Crippen molar-refractivity contribution in [3.8, 4) is 22.6 Å². The van der Waals surface area contributed by atoms with Gasteiger partial charge in [-0.05, 0) is 28.8 Å². The number of hydrogen-bond acceptors (Lipinski definition) is 6. The lowest BCUT2D eigenvalue weighted by molar-refractivity contribution is 0.00464. The van der Waals surface area contributed by atoms with Gasteiger partial charge in [-0.3, -0.25) is 4.90 Å². The molecule has 27 heavy (non-hydrogen) atoms. The first kappa shape index (κ1) is 19.6. The Morgan fingerprint density at radius 3 is 2.59 bits per heavy atom. The van der Waals surface area contributed by atoms with Crippen molar-refractivity contribution < 1.29 is 24.4 Å². The maximum absolute atomic E-state index is 10.3. The summed E-state index contributed by atoms with van der Waals surface area (Å²) in [7, 11) is 1.61. The summed E-state index contributed by atoms with van der Waals surface area (Å²) in [6.45, 7) is 3.80. The van der Waals surface area contributed by atoms with E-state index >= 15 is 0 Å². The fourth-order valence-corrected chi connectivity index (χ4v) is 3.20. The van der Waals surface area contributed by atoms with Crippen molar-refractivity contribution in [1.82, 2.24) is 4.90 Å². The van der Waals surface area contributed by atoms with E-state index in [0.717, 1.165) is 29.8 Å². The fourth-order valence-electron chi connectivity index (χ4n) is 3.20. The predicted octanol–water partition coefficient (Wildman–Crippen LogP) is 1.93. The van der Waals surface area contributed by atoms with Crippen LogP contribution in [0.5, 0.6) is 11.5 Å². The molecule has 0 radical (unpaired) electrons. The number of nitrogens with zero attached hydrogens (tertiary/aromatic N) is 1. The lowest BCUT2D eigenvalue weighted by Gasteiger charge is -2.28. The molecule has 0 aromatic heterocycles. The van der Waals surface area contributed by atoms with Gasteiger partial charge in [-0.1, -0.05) is 24.3 Å². The first-order valence-corrected chi connectivity index (χ1v) is 9.19. The van der Waals surface area contributed by atoms with E-state index in [0.29, 0.717) is 31.3 Å². The van der Waals surface area contributed by atoms with E-state index in [2.05, 4.69) is 4.90 Å². The van der Waals surface area contributed by atoms with Crippen molar-refractivity contribution in [2.75, 3.05) is 46.6 Å². The number of aliphatic hydroxyl groups is 2. The normalized spacial score (nSPS) is 16.1. The molecule has 6 nitrogen and oxygen atoms in total. The molecule has 1 saturated heterocycles. The molecule has 2 aromatic carbocycles. The highest BCUT2D eigenvalue weighted by molar-refractivity contribution is 5.70. The van der Waals surface area contributed by atoms with Crippen molar-refractivity contribution in [3.63, 3.8) is 0 Å². The van der Waals surface area contributed by atoms with Crippen LogP contribution in [0.2, 0.25) is 0 Å². The Hall–Kier alpha value is -2.12. The predicted molar refractivity (Wildman–Crippen MR) is 103 cm³/mol. The second kappa shape index (κ2) is 9.71. The van der Waals surface area contributed by atoms with Crippen LogP contribution >= 0.6 is 0 Å². The van der Waals surface area contributed by atoms with Gasteiger partial charge in [0.15, 0.2) is 0 Å². The maximum Gasteiger partial charge on any atom is 0.123 e. The molecular formula is C21H27NO5. The minimum atomic E-state index is -0.581. The highest BCUT2D eigenvalue weighted by Crippen LogP contribution is 2.32. The molecule has 1 heterocycles. The topological polar surface area (TPSA) is 71.4 Å². The molecule has 0 aliphatic carbocycles. The fraction of sp³-hybridized carbons (Fsp3) is 0.429. The average Bonchev–Trinajstić information content (AvgIpc) is 2.72. The third-order valence-corrected chi connectivity index (χ3v) is 4.63. The van der Waals surface area contributed by atoms with Gasteiger partial charge >= 0.3 is 0 Å². The monoisotopic (exact) mass is 373 g/mol. The van der Waals surface area contributed by atoms with E-state index < -0.39 is 6.10 Å². The van der Waals surface area contributed by atoms with E-state index in [1.807, 2.05) is 36.4 Å². The Labute approximate surface area is 159 Å². The zero-order chi connectivity index (χ0) is 19.1. The molecule has 146 valence electrons. The minimum absolute atomic E-state index is 0.0398. The van der Waals surface area contributed by atoms with Crippen LogP contribution in [0.4, 0.5) is 0 Å². The molecule has 3 rings (SSSR count). The Balaban J connectivity index is 1.69. The van der Waals surface area contributed by atoms with Gasteiger partial charge in [0.1, 0.15) is 24.2 Å². The molecule has 2 N–H and O–H groups in total. The summed E-state index contributed by atoms with van der Waals surface area (Å²) in [5, 5.41) is 19.9. The third kappa shape index (κ3) is 5.43. The maximum atomic E-state index is 10.3. The first-order chi connectivity index (χ1) is 13.2. The second-order valence-electron chi connectivity index (χ2n) is 6.59. The third-order valence-electron chi connectivity index (χ3n) is 4.63. The van der Waals surface area contributed by atoms with Gasteiger partial charge in [-0.2, -0.15) is 0 Å². The summed E-state index contributed by atoms with van der Waals surface area (Å²) in [5.74, 6) is 1.29. The highest BCUT2D eigenvalue weighted by Gasteiger charge is 2.16. The first-order valence-electron chi connectivity index (χ1n) is 9.19. The zero-order valence-electron chi connectivity index (χ0n) is 15.6. The standard InChI is InChI=1S/C21H27NO5/c1-25-19-10-17(21-5-3-2-4-16(21)14-23)11-20(12-19)27-15-18(24)13-22-6-8-26-9-7-22/h2-5,10-12,18,23-24H,6-9,13-15H2,1H3. The van der Waals surface area contributed by atoms with E-state index in [1.54, 1.807) is 13.2 Å². The van der Waals surface area contributed by atoms with Crippen LogP contribution in [0.25, 0.3) is 11.1 Å². The largest absolute Gasteiger partial charge is 0.497 e. The summed E-state index contributed by atoms with van der Waals surface area (Å²) in [4.78, 5) is 2.17. The molecule has 1 atom stereocenters. The molecule has 1 fully saturated rings. The minimum Gasteiger partial charge on any atom is -0.497 e. The molecule has 0 saturated carbocycles. The second-order valence-corrected chi connectivity index (χ2v) is 6.59. The van der Waals surface area contributed by atoms with E-state index in [1.165, 1.54) is 0 Å². The van der Waals surface area contributed by atoms with E-state index in [9.17, 15) is 10.2 Å². The molecule has 1 unspecified atom stereocenters. The van der Waals surface area contributed by atoms with Crippen molar-refractivity contribution in [2.24, 2.45) is 0 Å². The number of methoxy groups -OCH3 is 1. The number of morpholine rings is 1. The van der Waals surface area contributed by atoms with Crippen LogP contribution in [-0.4, -0.2) is 67.8 Å². The molecule has 1 aliphatic heterocycles. The van der Waals surface area contributed by atoms with Crippen LogP contribution in [0.3, 0.4) is 0 Å². The number of aliphatic hydroxyl groups excluding tert-OH is 2. The SMILES string of the molecule is COc1cc(OCC(O)CN2CCOCC2)cc(-c2ccccc2CO)c1. The number of hydrogen-bond donors (Lipinski definition) is 2. The molecular weight excluding hydrogens is 346 g/mol. The summed E-state index contributed by atoms with van der Waals surface area (Å²) in [5.41, 5.74) is 2.67. The summed E-state index contributed by atoms with van der Waals surface area (Å²) < 4.78 is 16.6. The zero-order valence-corrected chi connectivity index (χ0v) is 15.6. The highest BCUT2D eigenvalue weighted by atomic mass is 16.5. The van der Waals surface area contributed by atoms with Crippen molar-refractivity contribution in [3.05, 3.63) is 48.0 Å². The number of ether oxygens (including phenoxy) is 3. The number of benzene rings is 2. The van der Waals surface area contributed by atoms with Crippen molar-refractivity contribution in [2.45, 2.75) is 12.7 Å². The van der Waals surface area contributed by atoms with Gasteiger partial charge in [-0.25, -0.2) is 0 Å². The van der Waals surface area contributed by atoms with Gasteiger partial charge in [0.25, 0.3) is 0 Å². The Morgan fingerprint density at radius 1 is 1.11 bits per heavy atom. The quantitative estimate of drug-likeness (QED) is 0.737. The molecule has 0 spiro atoms. The molecule has 1 aliphatic rings. The lowest BCUT2D eigenvalue weighted by Crippen LogP contribution is -2.42. The molecule has 0 bridgehead atoms. The molecule has 0 amide bonds. The molecule has 6 heteroatoms. The van der Waals surface area contributed by atoms with Gasteiger partial charge in [0, 0.05) is 25.7 Å². The van der Waals surface area contributed by atoms with Crippen LogP contribution in [0.1, 0.15) is 5.56 Å². The van der Waals surface area contributed by atoms with Crippen LogP contribution in [0, 0.1) is 0 Å². The van der Waals surface area contributed by atoms with Gasteiger partial charge in [0.2, 0.25) is 0 Å². The van der Waals surface area contributed by atoms with Gasteiger partial charge in [-0.15, -0.1) is 0 Å². The van der Waals surface area contributed by atoms with Crippen molar-refractivity contribution >= 4 is 0 Å². The van der Waals surface area contributed by atoms with Crippen molar-refractivity contribution in [1.29, 1.82) is 0 Å². The number of rotatable bonds is 8. The summed E-state index contributed by atoms with van der Waals surface area (Å²) in [6, 6.07) is 13.3. The van der Waals surface area contributed by atoms with Crippen LogP contribution in [0.15, 0.2) is 42.5 Å². The van der Waals surface area contributed by atoms with E-state index in [4.69, 9.17) is 14.2 Å². The van der Waals surface area contributed by atoms with Crippen LogP contribution in [-0.2, 0) is 11.3 Å². The lowest BCUT2D eigenvalue weighted by atomic mass is 9.99. The summed E-state index contributed by atoms with van der Waals surface area (Å²) in [6.07, 6.45) is -0.581. The Bertz CT molecular complexity index is 730. The molecule has 2 aromatic rings. The smallest absolute Gasteiger partial charge is 0.123 e. The summed E-state index contributed by atoms with van der Waals surface area (Å²) >= 11 is 0. The van der Waals surface area contributed by atoms with Gasteiger partial charge < -0.3 is 24.4 Å². The Kier molecular flexibility index (Phi) is 7.06. The van der Waals surface area contributed by atoms with Crippen LogP contribution < -0.4 is 9.47 Å². The number of β-amino-alcohol motifs (C(OH)–C–C–N with tert-alkyl or cyclic N) is 1. The van der Waals surface area contributed by atoms with Gasteiger partial charge in [0.05, 0.1) is 26.9 Å². The average molecular weight is 373 g/mol. The Morgan fingerprint density at radius 2 is 1.85 bits per heavy atom. The van der Waals surface area contributed by atoms with E-state index in [-0.39, 0.29) is 13.2 Å².